The number of hydrogen-bond donors (Lipinski definition) is 0. The molecule has 0 fully saturated rings. The molecule has 144 valence electrons. The Bertz CT molecular complexity index is 637. The van der Waals surface area contributed by atoms with Crippen molar-refractivity contribution in [3.8, 4) is 0 Å². The standard InChI is InChI=1S/C25H38O/c1-8-16-25(7)17-10-13-22(6)23(25)15-14-20(4)11-9-12-21(5)18-24(26)19(2)3/h9,11-12,14-15,18-19H,8,10,13,16-17H2,1-7H3/b12-9+,15-14+,20-11+,21-18+. The van der Waals surface area contributed by atoms with E-state index in [1.807, 2.05) is 32.9 Å². The summed E-state index contributed by atoms with van der Waals surface area (Å²) in [5.74, 6) is 0.241. The van der Waals surface area contributed by atoms with Crippen LogP contribution in [0.1, 0.15) is 80.6 Å². The van der Waals surface area contributed by atoms with Crippen molar-refractivity contribution in [1.29, 1.82) is 0 Å². The third-order valence-corrected chi connectivity index (χ3v) is 5.36. The molecule has 1 atom stereocenters. The quantitative estimate of drug-likeness (QED) is 0.325. The molecule has 0 aromatic heterocycles. The minimum absolute atomic E-state index is 0.0583. The molecule has 0 saturated carbocycles. The minimum Gasteiger partial charge on any atom is -0.295 e. The smallest absolute Gasteiger partial charge is 0.158 e. The third-order valence-electron chi connectivity index (χ3n) is 5.36. The van der Waals surface area contributed by atoms with Crippen LogP contribution in [0.5, 0.6) is 0 Å². The Morgan fingerprint density at radius 2 is 1.88 bits per heavy atom. The molecule has 1 aliphatic rings. The van der Waals surface area contributed by atoms with E-state index in [0.717, 1.165) is 5.57 Å². The lowest BCUT2D eigenvalue weighted by Crippen LogP contribution is -2.23. The van der Waals surface area contributed by atoms with Gasteiger partial charge in [0.05, 0.1) is 0 Å². The molecule has 0 N–H and O–H groups in total. The number of carbonyl (C=O) groups excluding carboxylic acids is 1. The maximum absolute atomic E-state index is 11.7. The first-order valence-corrected chi connectivity index (χ1v) is 10.1. The summed E-state index contributed by atoms with van der Waals surface area (Å²) in [6.07, 6.45) is 18.8. The first-order valence-electron chi connectivity index (χ1n) is 10.1. The highest BCUT2D eigenvalue weighted by Crippen LogP contribution is 2.44. The molecule has 0 amide bonds. The summed E-state index contributed by atoms with van der Waals surface area (Å²) in [5.41, 5.74) is 5.66. The fourth-order valence-electron chi connectivity index (χ4n) is 3.74. The number of carbonyl (C=O) groups is 1. The second kappa shape index (κ2) is 10.5. The van der Waals surface area contributed by atoms with E-state index in [1.165, 1.54) is 37.7 Å². The van der Waals surface area contributed by atoms with E-state index in [2.05, 4.69) is 45.9 Å². The maximum atomic E-state index is 11.7. The Morgan fingerprint density at radius 3 is 2.50 bits per heavy atom. The van der Waals surface area contributed by atoms with Crippen molar-refractivity contribution in [3.63, 3.8) is 0 Å². The topological polar surface area (TPSA) is 17.1 Å². The van der Waals surface area contributed by atoms with E-state index in [9.17, 15) is 4.79 Å². The van der Waals surface area contributed by atoms with Gasteiger partial charge in [0, 0.05) is 5.92 Å². The third kappa shape index (κ3) is 6.94. The van der Waals surface area contributed by atoms with Crippen LogP contribution in [0.4, 0.5) is 0 Å². The van der Waals surface area contributed by atoms with Gasteiger partial charge in [0.1, 0.15) is 0 Å². The minimum atomic E-state index is 0.0583. The van der Waals surface area contributed by atoms with E-state index in [-0.39, 0.29) is 11.7 Å². The summed E-state index contributed by atoms with van der Waals surface area (Å²) in [6, 6.07) is 0. The molecule has 0 aliphatic heterocycles. The van der Waals surface area contributed by atoms with Crippen LogP contribution < -0.4 is 0 Å². The average Bonchev–Trinajstić information content (AvgIpc) is 2.54. The van der Waals surface area contributed by atoms with Gasteiger partial charge < -0.3 is 0 Å². The SMILES string of the molecule is CCCC1(C)CCCC(C)=C1/C=C/C(C)=C/C=C/C(C)=C/C(=O)C(C)C. The van der Waals surface area contributed by atoms with Crippen molar-refractivity contribution in [1.82, 2.24) is 0 Å². The molecule has 0 bridgehead atoms. The molecule has 0 radical (unpaired) electrons. The van der Waals surface area contributed by atoms with Crippen LogP contribution >= 0.6 is 0 Å². The number of allylic oxidation sites excluding steroid dienone is 10. The molecule has 0 aromatic carbocycles. The van der Waals surface area contributed by atoms with Crippen LogP contribution in [0.15, 0.2) is 58.7 Å². The number of ketones is 1. The van der Waals surface area contributed by atoms with E-state index >= 15 is 0 Å². The summed E-state index contributed by atoms with van der Waals surface area (Å²) in [7, 11) is 0. The number of rotatable bonds is 8. The molecule has 1 nitrogen and oxygen atoms in total. The van der Waals surface area contributed by atoms with Gasteiger partial charge in [-0.05, 0) is 69.1 Å². The van der Waals surface area contributed by atoms with E-state index in [1.54, 1.807) is 17.2 Å². The highest BCUT2D eigenvalue weighted by atomic mass is 16.1. The highest BCUT2D eigenvalue weighted by Gasteiger charge is 2.30. The Labute approximate surface area is 161 Å². The van der Waals surface area contributed by atoms with Crippen molar-refractivity contribution in [3.05, 3.63) is 58.7 Å². The van der Waals surface area contributed by atoms with Crippen LogP contribution in [0.2, 0.25) is 0 Å². The van der Waals surface area contributed by atoms with Gasteiger partial charge in [-0.1, -0.05) is 75.6 Å². The molecular weight excluding hydrogens is 316 g/mol. The lowest BCUT2D eigenvalue weighted by molar-refractivity contribution is -0.117. The van der Waals surface area contributed by atoms with Gasteiger partial charge >= 0.3 is 0 Å². The van der Waals surface area contributed by atoms with Crippen LogP contribution in [-0.2, 0) is 4.79 Å². The van der Waals surface area contributed by atoms with Crippen molar-refractivity contribution in [2.75, 3.05) is 0 Å². The molecule has 1 unspecified atom stereocenters. The fraction of sp³-hybridized carbons (Fsp3) is 0.560. The molecule has 26 heavy (non-hydrogen) atoms. The number of hydrogen-bond acceptors (Lipinski definition) is 1. The molecule has 1 heteroatoms. The molecular formula is C25H38O. The second-order valence-corrected chi connectivity index (χ2v) is 8.41. The van der Waals surface area contributed by atoms with Crippen LogP contribution in [0.25, 0.3) is 0 Å². The largest absolute Gasteiger partial charge is 0.295 e. The van der Waals surface area contributed by atoms with Gasteiger partial charge in [-0.3, -0.25) is 4.79 Å². The molecule has 0 heterocycles. The van der Waals surface area contributed by atoms with Crippen molar-refractivity contribution >= 4 is 5.78 Å². The summed E-state index contributed by atoms with van der Waals surface area (Å²) in [4.78, 5) is 11.7. The lowest BCUT2D eigenvalue weighted by Gasteiger charge is -2.36. The van der Waals surface area contributed by atoms with Crippen molar-refractivity contribution < 1.29 is 4.79 Å². The zero-order valence-corrected chi connectivity index (χ0v) is 18.0. The van der Waals surface area contributed by atoms with Gasteiger partial charge in [0.2, 0.25) is 0 Å². The molecule has 1 aliphatic carbocycles. The molecule has 0 spiro atoms. The van der Waals surface area contributed by atoms with E-state index in [0.29, 0.717) is 5.41 Å². The Morgan fingerprint density at radius 1 is 1.19 bits per heavy atom. The zero-order chi connectivity index (χ0) is 19.7. The van der Waals surface area contributed by atoms with Gasteiger partial charge in [-0.2, -0.15) is 0 Å². The molecule has 0 saturated heterocycles. The Kier molecular flexibility index (Phi) is 9.05. The normalized spacial score (nSPS) is 22.9. The summed E-state index contributed by atoms with van der Waals surface area (Å²) >= 11 is 0. The van der Waals surface area contributed by atoms with Gasteiger partial charge in [-0.15, -0.1) is 0 Å². The maximum Gasteiger partial charge on any atom is 0.158 e. The van der Waals surface area contributed by atoms with Crippen molar-refractivity contribution in [2.45, 2.75) is 80.6 Å². The van der Waals surface area contributed by atoms with Crippen LogP contribution in [0.3, 0.4) is 0 Å². The predicted molar refractivity (Wildman–Crippen MR) is 115 cm³/mol. The van der Waals surface area contributed by atoms with Gasteiger partial charge in [0.25, 0.3) is 0 Å². The summed E-state index contributed by atoms with van der Waals surface area (Å²) in [5, 5.41) is 0. The lowest BCUT2D eigenvalue weighted by atomic mass is 9.68. The van der Waals surface area contributed by atoms with E-state index in [4.69, 9.17) is 0 Å². The Hall–Kier alpha value is -1.63. The van der Waals surface area contributed by atoms with Crippen LogP contribution in [0, 0.1) is 11.3 Å². The monoisotopic (exact) mass is 354 g/mol. The summed E-state index contributed by atoms with van der Waals surface area (Å²) in [6.45, 7) is 15.0. The fourth-order valence-corrected chi connectivity index (χ4v) is 3.74. The average molecular weight is 355 g/mol. The first-order chi connectivity index (χ1) is 12.2. The molecule has 1 rings (SSSR count). The van der Waals surface area contributed by atoms with Gasteiger partial charge in [-0.25, -0.2) is 0 Å². The first kappa shape index (κ1) is 22.4. The zero-order valence-electron chi connectivity index (χ0n) is 18.0. The predicted octanol–water partition coefficient (Wildman–Crippen LogP) is 7.52. The van der Waals surface area contributed by atoms with Gasteiger partial charge in [0.15, 0.2) is 5.78 Å². The second-order valence-electron chi connectivity index (χ2n) is 8.41. The summed E-state index contributed by atoms with van der Waals surface area (Å²) < 4.78 is 0. The Balaban J connectivity index is 2.85. The highest BCUT2D eigenvalue weighted by molar-refractivity contribution is 5.92. The van der Waals surface area contributed by atoms with Crippen molar-refractivity contribution in [2.24, 2.45) is 11.3 Å². The van der Waals surface area contributed by atoms with E-state index < -0.39 is 0 Å². The van der Waals surface area contributed by atoms with Crippen LogP contribution in [-0.4, -0.2) is 5.78 Å². The molecule has 0 aromatic rings.